The summed E-state index contributed by atoms with van der Waals surface area (Å²) in [5.74, 6) is 2.62. The summed E-state index contributed by atoms with van der Waals surface area (Å²) in [5, 5.41) is 0. The monoisotopic (exact) mass is 521 g/mol. The lowest BCUT2D eigenvalue weighted by Gasteiger charge is -2.21. The highest BCUT2D eigenvalue weighted by molar-refractivity contribution is 6.09. The average molecular weight is 522 g/mol. The van der Waals surface area contributed by atoms with Crippen LogP contribution >= 0.6 is 0 Å². The van der Waals surface area contributed by atoms with E-state index in [-0.39, 0.29) is 11.9 Å². The van der Waals surface area contributed by atoms with Gasteiger partial charge >= 0.3 is 0 Å². The van der Waals surface area contributed by atoms with Crippen molar-refractivity contribution in [3.8, 4) is 23.0 Å². The maximum Gasteiger partial charge on any atom is 0.211 e. The summed E-state index contributed by atoms with van der Waals surface area (Å²) in [5.41, 5.74) is 3.42. The molecule has 0 radical (unpaired) electrons. The Labute approximate surface area is 230 Å². The third-order valence-electron chi connectivity index (χ3n) is 7.10. The summed E-state index contributed by atoms with van der Waals surface area (Å²) in [6.07, 6.45) is 6.33. The molecular weight excluding hydrogens is 486 g/mol. The van der Waals surface area contributed by atoms with Gasteiger partial charge in [0, 0.05) is 11.1 Å². The molecule has 0 unspecified atom stereocenters. The topological polar surface area (TPSA) is 57.7 Å². The fraction of sp³-hybridized carbons (Fsp3) is 0.294. The van der Waals surface area contributed by atoms with Gasteiger partial charge in [-0.3, -0.25) is 4.79 Å². The third-order valence-corrected chi connectivity index (χ3v) is 7.10. The number of carbonyl (C=O) groups excluding carboxylic acids is 1. The van der Waals surface area contributed by atoms with Crippen molar-refractivity contribution in [1.29, 1.82) is 0 Å². The number of nitrogens with zero attached hydrogens (tertiary/aromatic N) is 1. The standard InChI is InChI=1S/C34H35NO4/c1-3-13-31-34(39-28-19-8-5-9-20-28)30(23-37-26-15-10-11-16-26)24(2)32(35-31)33(36)25-14-12-21-29(22-25)38-27-17-6-4-7-18-27/h4-9,12,14,17-22,26H,3,10-11,13,15-16,23H2,1-2H3. The molecule has 200 valence electrons. The number of ketones is 1. The van der Waals surface area contributed by atoms with Crippen molar-refractivity contribution < 1.29 is 19.0 Å². The van der Waals surface area contributed by atoms with Crippen LogP contribution < -0.4 is 9.47 Å². The summed E-state index contributed by atoms with van der Waals surface area (Å²) < 4.78 is 18.8. The van der Waals surface area contributed by atoms with Gasteiger partial charge in [-0.15, -0.1) is 0 Å². The van der Waals surface area contributed by atoms with Crippen LogP contribution in [-0.2, 0) is 17.8 Å². The molecule has 5 rings (SSSR count). The number of ether oxygens (including phenoxy) is 3. The van der Waals surface area contributed by atoms with Gasteiger partial charge in [0.05, 0.1) is 18.4 Å². The van der Waals surface area contributed by atoms with Crippen molar-refractivity contribution in [3.05, 3.63) is 113 Å². The quantitative estimate of drug-likeness (QED) is 0.185. The molecule has 0 saturated heterocycles. The van der Waals surface area contributed by atoms with Crippen LogP contribution in [-0.4, -0.2) is 16.9 Å². The van der Waals surface area contributed by atoms with Crippen LogP contribution in [0.1, 0.15) is 71.9 Å². The Morgan fingerprint density at radius 3 is 2.15 bits per heavy atom. The lowest BCUT2D eigenvalue weighted by molar-refractivity contribution is 0.0444. The highest BCUT2D eigenvalue weighted by Gasteiger charge is 2.25. The molecule has 1 saturated carbocycles. The van der Waals surface area contributed by atoms with E-state index >= 15 is 0 Å². The molecule has 0 bridgehead atoms. The van der Waals surface area contributed by atoms with Crippen molar-refractivity contribution in [3.63, 3.8) is 0 Å². The number of aryl methyl sites for hydroxylation is 1. The number of hydrogen-bond donors (Lipinski definition) is 0. The minimum atomic E-state index is -0.142. The van der Waals surface area contributed by atoms with E-state index in [2.05, 4.69) is 6.92 Å². The number of hydrogen-bond acceptors (Lipinski definition) is 5. The molecule has 4 aromatic rings. The molecule has 1 heterocycles. The molecule has 0 spiro atoms. The molecule has 5 nitrogen and oxygen atoms in total. The molecule has 0 atom stereocenters. The van der Waals surface area contributed by atoms with Crippen LogP contribution in [0.4, 0.5) is 0 Å². The lowest BCUT2D eigenvalue weighted by Crippen LogP contribution is -2.15. The minimum absolute atomic E-state index is 0.142. The number of para-hydroxylation sites is 2. The fourth-order valence-electron chi connectivity index (χ4n) is 5.00. The van der Waals surface area contributed by atoms with Crippen LogP contribution in [0.3, 0.4) is 0 Å². The molecule has 0 aliphatic heterocycles. The Bertz CT molecular complexity index is 1400. The van der Waals surface area contributed by atoms with Gasteiger partial charge < -0.3 is 14.2 Å². The zero-order chi connectivity index (χ0) is 27.0. The van der Waals surface area contributed by atoms with Crippen LogP contribution in [0.5, 0.6) is 23.0 Å². The van der Waals surface area contributed by atoms with Gasteiger partial charge in [-0.05, 0) is 68.1 Å². The molecule has 1 aliphatic rings. The number of carbonyl (C=O) groups is 1. The second kappa shape index (κ2) is 12.7. The van der Waals surface area contributed by atoms with Crippen molar-refractivity contribution in [2.45, 2.75) is 65.1 Å². The highest BCUT2D eigenvalue weighted by Crippen LogP contribution is 2.35. The molecule has 39 heavy (non-hydrogen) atoms. The van der Waals surface area contributed by atoms with Crippen LogP contribution in [0.2, 0.25) is 0 Å². The Hall–Kier alpha value is -3.96. The Kier molecular flexibility index (Phi) is 8.69. The SMILES string of the molecule is CCCc1nc(C(=O)c2cccc(Oc3ccccc3)c2)c(C)c(COC2CCCC2)c1Oc1ccccc1. The van der Waals surface area contributed by atoms with Gasteiger partial charge in [0.15, 0.2) is 5.75 Å². The first-order valence-electron chi connectivity index (χ1n) is 13.9. The zero-order valence-electron chi connectivity index (χ0n) is 22.7. The minimum Gasteiger partial charge on any atom is -0.457 e. The van der Waals surface area contributed by atoms with Crippen LogP contribution in [0, 0.1) is 6.92 Å². The molecule has 1 aliphatic carbocycles. The largest absolute Gasteiger partial charge is 0.457 e. The molecule has 0 amide bonds. The summed E-state index contributed by atoms with van der Waals surface area (Å²) in [4.78, 5) is 18.8. The molecular formula is C34H35NO4. The summed E-state index contributed by atoms with van der Waals surface area (Å²) in [6, 6.07) is 26.6. The van der Waals surface area contributed by atoms with Crippen molar-refractivity contribution in [1.82, 2.24) is 4.98 Å². The van der Waals surface area contributed by atoms with E-state index < -0.39 is 0 Å². The fourth-order valence-corrected chi connectivity index (χ4v) is 5.00. The summed E-state index contributed by atoms with van der Waals surface area (Å²) in [7, 11) is 0. The lowest BCUT2D eigenvalue weighted by atomic mass is 9.98. The van der Waals surface area contributed by atoms with Crippen molar-refractivity contribution in [2.24, 2.45) is 0 Å². The highest BCUT2D eigenvalue weighted by atomic mass is 16.5. The second-order valence-electron chi connectivity index (χ2n) is 9.99. The van der Waals surface area contributed by atoms with Gasteiger partial charge in [-0.1, -0.05) is 74.7 Å². The van der Waals surface area contributed by atoms with Gasteiger partial charge in [0.25, 0.3) is 0 Å². The Balaban J connectivity index is 1.52. The maximum atomic E-state index is 13.9. The number of pyridine rings is 1. The van der Waals surface area contributed by atoms with E-state index in [0.29, 0.717) is 35.8 Å². The van der Waals surface area contributed by atoms with Crippen molar-refractivity contribution >= 4 is 5.78 Å². The van der Waals surface area contributed by atoms with E-state index in [1.807, 2.05) is 85.8 Å². The number of benzene rings is 3. The molecule has 1 fully saturated rings. The number of rotatable bonds is 11. The Morgan fingerprint density at radius 1 is 0.846 bits per heavy atom. The second-order valence-corrected chi connectivity index (χ2v) is 9.99. The molecule has 1 aromatic heterocycles. The predicted molar refractivity (Wildman–Crippen MR) is 153 cm³/mol. The predicted octanol–water partition coefficient (Wildman–Crippen LogP) is 8.62. The first-order valence-corrected chi connectivity index (χ1v) is 13.9. The first kappa shape index (κ1) is 26.6. The van der Waals surface area contributed by atoms with E-state index in [1.165, 1.54) is 12.8 Å². The molecule has 0 N–H and O–H groups in total. The van der Waals surface area contributed by atoms with Gasteiger partial charge in [-0.25, -0.2) is 4.98 Å². The third kappa shape index (κ3) is 6.55. The van der Waals surface area contributed by atoms with E-state index in [4.69, 9.17) is 19.2 Å². The van der Waals surface area contributed by atoms with Gasteiger partial charge in [0.2, 0.25) is 5.78 Å². The van der Waals surface area contributed by atoms with E-state index in [9.17, 15) is 4.79 Å². The molecule has 5 heteroatoms. The number of aromatic nitrogens is 1. The Morgan fingerprint density at radius 2 is 1.49 bits per heavy atom. The van der Waals surface area contributed by atoms with Crippen LogP contribution in [0.25, 0.3) is 0 Å². The van der Waals surface area contributed by atoms with Gasteiger partial charge in [0.1, 0.15) is 22.9 Å². The molecule has 3 aromatic carbocycles. The van der Waals surface area contributed by atoms with Crippen LogP contribution in [0.15, 0.2) is 84.9 Å². The first-order chi connectivity index (χ1) is 19.1. The van der Waals surface area contributed by atoms with E-state index in [0.717, 1.165) is 47.6 Å². The van der Waals surface area contributed by atoms with E-state index in [1.54, 1.807) is 6.07 Å². The maximum absolute atomic E-state index is 13.9. The summed E-state index contributed by atoms with van der Waals surface area (Å²) >= 11 is 0. The summed E-state index contributed by atoms with van der Waals surface area (Å²) in [6.45, 7) is 4.44. The normalized spacial score (nSPS) is 13.4. The zero-order valence-corrected chi connectivity index (χ0v) is 22.7. The van der Waals surface area contributed by atoms with Gasteiger partial charge in [-0.2, -0.15) is 0 Å². The van der Waals surface area contributed by atoms with Crippen molar-refractivity contribution in [2.75, 3.05) is 0 Å². The smallest absolute Gasteiger partial charge is 0.211 e. The average Bonchev–Trinajstić information content (AvgIpc) is 3.49.